The Morgan fingerprint density at radius 1 is 0.750 bits per heavy atom. The third kappa shape index (κ3) is 4.85. The van der Waals surface area contributed by atoms with Gasteiger partial charge in [0, 0.05) is 23.7 Å². The van der Waals surface area contributed by atoms with E-state index < -0.39 is 5.97 Å². The molecule has 196 valence electrons. The summed E-state index contributed by atoms with van der Waals surface area (Å²) < 4.78 is 2.05. The second-order valence-corrected chi connectivity index (χ2v) is 10.0. The zero-order valence-electron chi connectivity index (χ0n) is 22.0. The van der Waals surface area contributed by atoms with Crippen LogP contribution < -0.4 is 5.32 Å². The van der Waals surface area contributed by atoms with Crippen LogP contribution in [0.2, 0.25) is 0 Å². The van der Waals surface area contributed by atoms with Crippen LogP contribution in [0.25, 0.3) is 27.4 Å². The molecule has 5 nitrogen and oxygen atoms in total. The predicted octanol–water partition coefficient (Wildman–Crippen LogP) is 7.54. The third-order valence-electron chi connectivity index (χ3n) is 7.49. The van der Waals surface area contributed by atoms with Gasteiger partial charge in [-0.25, -0.2) is 4.79 Å². The molecule has 2 N–H and O–H groups in total. The van der Waals surface area contributed by atoms with E-state index in [9.17, 15) is 14.7 Å². The first-order valence-electron chi connectivity index (χ1n) is 13.3. The van der Waals surface area contributed by atoms with Crippen molar-refractivity contribution in [3.8, 4) is 11.1 Å². The number of rotatable bonds is 7. The number of amides is 1. The summed E-state index contributed by atoms with van der Waals surface area (Å²) in [7, 11) is 0. The molecule has 0 aliphatic heterocycles. The lowest BCUT2D eigenvalue weighted by Gasteiger charge is -2.18. The highest BCUT2D eigenvalue weighted by Crippen LogP contribution is 2.32. The minimum atomic E-state index is -0.976. The van der Waals surface area contributed by atoms with Gasteiger partial charge in [-0.15, -0.1) is 0 Å². The van der Waals surface area contributed by atoms with Gasteiger partial charge in [-0.3, -0.25) is 4.79 Å². The van der Waals surface area contributed by atoms with Crippen LogP contribution >= 0.6 is 0 Å². The number of hydrogen-bond donors (Lipinski definition) is 2. The molecule has 2 heterocycles. The van der Waals surface area contributed by atoms with Gasteiger partial charge in [0.05, 0.1) is 5.56 Å². The van der Waals surface area contributed by atoms with Crippen molar-refractivity contribution in [2.24, 2.45) is 0 Å². The zero-order chi connectivity index (χ0) is 27.6. The Balaban J connectivity index is 1.40. The molecular formula is C35H28N2O3. The molecule has 0 fully saturated rings. The van der Waals surface area contributed by atoms with Gasteiger partial charge in [-0.2, -0.15) is 0 Å². The molecule has 5 heteroatoms. The van der Waals surface area contributed by atoms with Crippen LogP contribution in [0.4, 0.5) is 0 Å². The summed E-state index contributed by atoms with van der Waals surface area (Å²) in [5.74, 6) is -1.13. The van der Waals surface area contributed by atoms with Gasteiger partial charge < -0.3 is 14.8 Å². The van der Waals surface area contributed by atoms with Crippen molar-refractivity contribution >= 4 is 28.2 Å². The number of carbonyl (C=O) groups is 2. The minimum absolute atomic E-state index is 0.0461. The maximum atomic E-state index is 13.7. The van der Waals surface area contributed by atoms with E-state index in [1.807, 2.05) is 48.5 Å². The average molecular weight is 525 g/mol. The Morgan fingerprint density at radius 2 is 1.48 bits per heavy atom. The Labute approximate surface area is 232 Å². The number of hydrogen-bond acceptors (Lipinski definition) is 2. The molecule has 2 aromatic heterocycles. The lowest BCUT2D eigenvalue weighted by atomic mass is 9.95. The number of nitrogens with zero attached hydrogens (tertiary/aromatic N) is 1. The molecule has 40 heavy (non-hydrogen) atoms. The largest absolute Gasteiger partial charge is 0.478 e. The number of fused-ring (bicyclic) bond motifs is 2. The van der Waals surface area contributed by atoms with E-state index in [4.69, 9.17) is 0 Å². The molecule has 0 aliphatic carbocycles. The smallest absolute Gasteiger partial charge is 0.335 e. The van der Waals surface area contributed by atoms with Crippen LogP contribution in [0.3, 0.4) is 0 Å². The number of nitrogens with one attached hydrogen (secondary N) is 1. The standard InChI is InChI=1S/C35H28N2O3/c1-23(28-16-15-26-9-5-6-10-29(26)19-28)32-18-17-31-20-30(25-7-3-2-4-8-25)21-33(37(31)32)34(38)36-22-24-11-13-27(14-12-24)35(39)40/h2-21,23H,22H2,1H3,(H,36,38)(H,39,40)/t23-/m1/s1. The number of carboxylic acids is 1. The summed E-state index contributed by atoms with van der Waals surface area (Å²) in [6, 6.07) is 39.7. The van der Waals surface area contributed by atoms with Crippen molar-refractivity contribution in [2.45, 2.75) is 19.4 Å². The van der Waals surface area contributed by atoms with Crippen LogP contribution in [0.5, 0.6) is 0 Å². The molecule has 0 bridgehead atoms. The van der Waals surface area contributed by atoms with Crippen molar-refractivity contribution in [3.63, 3.8) is 0 Å². The quantitative estimate of drug-likeness (QED) is 0.227. The molecule has 0 saturated carbocycles. The highest BCUT2D eigenvalue weighted by molar-refractivity contribution is 5.95. The van der Waals surface area contributed by atoms with Crippen LogP contribution in [0.1, 0.15) is 50.5 Å². The summed E-state index contributed by atoms with van der Waals surface area (Å²) in [6.07, 6.45) is 0. The molecular weight excluding hydrogens is 496 g/mol. The molecule has 6 rings (SSSR count). The van der Waals surface area contributed by atoms with Crippen molar-refractivity contribution in [1.29, 1.82) is 0 Å². The van der Waals surface area contributed by atoms with Crippen LogP contribution in [-0.2, 0) is 6.54 Å². The van der Waals surface area contributed by atoms with E-state index >= 15 is 0 Å². The topological polar surface area (TPSA) is 70.8 Å². The molecule has 0 aliphatic rings. The number of pyridine rings is 1. The number of aromatic nitrogens is 1. The first-order valence-corrected chi connectivity index (χ1v) is 13.3. The maximum Gasteiger partial charge on any atom is 0.335 e. The summed E-state index contributed by atoms with van der Waals surface area (Å²) in [5, 5.41) is 14.6. The second kappa shape index (κ2) is 10.5. The lowest BCUT2D eigenvalue weighted by molar-refractivity contribution is 0.0696. The average Bonchev–Trinajstić information content (AvgIpc) is 3.43. The molecule has 0 saturated heterocycles. The van der Waals surface area contributed by atoms with Gasteiger partial charge in [0.1, 0.15) is 5.69 Å². The van der Waals surface area contributed by atoms with Crippen molar-refractivity contribution < 1.29 is 14.7 Å². The minimum Gasteiger partial charge on any atom is -0.478 e. The lowest BCUT2D eigenvalue weighted by Crippen LogP contribution is -2.25. The molecule has 0 radical (unpaired) electrons. The van der Waals surface area contributed by atoms with Gasteiger partial charge in [-0.1, -0.05) is 91.9 Å². The van der Waals surface area contributed by atoms with Gasteiger partial charge in [0.15, 0.2) is 0 Å². The van der Waals surface area contributed by atoms with Gasteiger partial charge in [0.2, 0.25) is 0 Å². The van der Waals surface area contributed by atoms with Crippen LogP contribution in [0.15, 0.2) is 121 Å². The van der Waals surface area contributed by atoms with E-state index in [2.05, 4.69) is 65.2 Å². The number of benzene rings is 4. The van der Waals surface area contributed by atoms with Gasteiger partial charge >= 0.3 is 5.97 Å². The fourth-order valence-corrected chi connectivity index (χ4v) is 5.26. The van der Waals surface area contributed by atoms with E-state index in [0.29, 0.717) is 5.69 Å². The number of carbonyl (C=O) groups excluding carboxylic acids is 1. The summed E-state index contributed by atoms with van der Waals surface area (Å²) >= 11 is 0. The van der Waals surface area contributed by atoms with Crippen molar-refractivity contribution in [2.75, 3.05) is 0 Å². The van der Waals surface area contributed by atoms with Crippen molar-refractivity contribution in [3.05, 3.63) is 149 Å². The van der Waals surface area contributed by atoms with E-state index in [1.165, 1.54) is 16.3 Å². The van der Waals surface area contributed by atoms with E-state index in [1.54, 1.807) is 24.3 Å². The fraction of sp³-hybridized carbons (Fsp3) is 0.0857. The van der Waals surface area contributed by atoms with Gasteiger partial charge in [-0.05, 0) is 69.4 Å². The zero-order valence-corrected chi connectivity index (χ0v) is 22.0. The summed E-state index contributed by atoms with van der Waals surface area (Å²) in [4.78, 5) is 24.9. The molecule has 4 aromatic carbocycles. The molecule has 1 amide bonds. The Morgan fingerprint density at radius 3 is 2.23 bits per heavy atom. The third-order valence-corrected chi connectivity index (χ3v) is 7.49. The Kier molecular flexibility index (Phi) is 6.62. The molecule has 6 aromatic rings. The SMILES string of the molecule is C[C@H](c1ccc2ccccc2c1)c1ccc2cc(-c3ccccc3)cc(C(=O)NCc3ccc(C(=O)O)cc3)n12. The second-order valence-electron chi connectivity index (χ2n) is 10.0. The first kappa shape index (κ1) is 25.1. The van der Waals surface area contributed by atoms with Crippen molar-refractivity contribution in [1.82, 2.24) is 9.72 Å². The van der Waals surface area contributed by atoms with Crippen LogP contribution in [0, 0.1) is 0 Å². The van der Waals surface area contributed by atoms with Crippen LogP contribution in [-0.4, -0.2) is 21.4 Å². The van der Waals surface area contributed by atoms with Gasteiger partial charge in [0.25, 0.3) is 5.91 Å². The normalized spacial score (nSPS) is 11.9. The summed E-state index contributed by atoms with van der Waals surface area (Å²) in [5.41, 5.74) is 6.74. The highest BCUT2D eigenvalue weighted by atomic mass is 16.4. The summed E-state index contributed by atoms with van der Waals surface area (Å²) in [6.45, 7) is 2.45. The molecule has 0 spiro atoms. The fourth-order valence-electron chi connectivity index (χ4n) is 5.26. The number of carboxylic acid groups (broad SMARTS) is 1. The monoisotopic (exact) mass is 524 g/mol. The molecule has 0 unspecified atom stereocenters. The van der Waals surface area contributed by atoms with E-state index in [0.717, 1.165) is 27.9 Å². The Hall–Kier alpha value is -5.16. The Bertz CT molecular complexity index is 1850. The maximum absolute atomic E-state index is 13.7. The van der Waals surface area contributed by atoms with E-state index in [-0.39, 0.29) is 23.9 Å². The predicted molar refractivity (Wildman–Crippen MR) is 159 cm³/mol. The number of aromatic carboxylic acids is 1. The first-order chi connectivity index (χ1) is 19.5. The highest BCUT2D eigenvalue weighted by Gasteiger charge is 2.20. The molecule has 1 atom stereocenters.